The summed E-state index contributed by atoms with van der Waals surface area (Å²) in [5.41, 5.74) is 4.98. The van der Waals surface area contributed by atoms with Gasteiger partial charge in [0, 0.05) is 6.92 Å². The van der Waals surface area contributed by atoms with Gasteiger partial charge in [0.25, 0.3) is 10.1 Å². The number of hydrogen-bond donors (Lipinski definition) is 2. The van der Waals surface area contributed by atoms with E-state index in [1.165, 1.54) is 0 Å². The first-order valence-electron chi connectivity index (χ1n) is 3.32. The lowest BCUT2D eigenvalue weighted by molar-refractivity contribution is -0.257. The number of hydrogen-bond acceptors (Lipinski definition) is 7. The largest absolute Gasteiger partial charge is 0.373 e. The molecule has 8 nitrogen and oxygen atoms in total. The Morgan fingerprint density at radius 1 is 1.43 bits per heavy atom. The summed E-state index contributed by atoms with van der Waals surface area (Å²) in [5.74, 6) is -3.16. The van der Waals surface area contributed by atoms with Crippen LogP contribution in [0, 0.1) is 0 Å². The summed E-state index contributed by atoms with van der Waals surface area (Å²) in [6.07, 6.45) is 0. The van der Waals surface area contributed by atoms with Crippen LogP contribution in [0.25, 0.3) is 0 Å². The van der Waals surface area contributed by atoms with E-state index in [1.807, 2.05) is 0 Å². The van der Waals surface area contributed by atoms with Crippen LogP contribution in [-0.4, -0.2) is 36.7 Å². The van der Waals surface area contributed by atoms with Gasteiger partial charge in [-0.2, -0.15) is 8.42 Å². The van der Waals surface area contributed by atoms with Gasteiger partial charge in [0.2, 0.25) is 0 Å². The molecule has 0 saturated heterocycles. The SMILES string of the molecule is CC(=O)OOC(=O)C(N)CS(=O)(=O)O. The molecule has 3 N–H and O–H groups in total. The van der Waals surface area contributed by atoms with E-state index in [2.05, 4.69) is 9.78 Å². The summed E-state index contributed by atoms with van der Waals surface area (Å²) < 4.78 is 28.8. The first kappa shape index (κ1) is 12.8. The lowest BCUT2D eigenvalue weighted by atomic mass is 10.4. The van der Waals surface area contributed by atoms with Crippen LogP contribution in [-0.2, 0) is 29.5 Å². The van der Waals surface area contributed by atoms with Gasteiger partial charge in [-0.3, -0.25) is 4.55 Å². The van der Waals surface area contributed by atoms with Crippen LogP contribution in [0.1, 0.15) is 6.92 Å². The average Bonchev–Trinajstić information content (AvgIpc) is 1.96. The van der Waals surface area contributed by atoms with E-state index in [4.69, 9.17) is 10.3 Å². The van der Waals surface area contributed by atoms with Crippen molar-refractivity contribution in [1.82, 2.24) is 0 Å². The van der Waals surface area contributed by atoms with Crippen molar-refractivity contribution < 1.29 is 32.3 Å². The molecular formula is C5H9NO7S. The lowest BCUT2D eigenvalue weighted by Gasteiger charge is -2.06. The van der Waals surface area contributed by atoms with E-state index >= 15 is 0 Å². The van der Waals surface area contributed by atoms with E-state index in [9.17, 15) is 18.0 Å². The van der Waals surface area contributed by atoms with E-state index in [-0.39, 0.29) is 0 Å². The maximum Gasteiger partial charge on any atom is 0.373 e. The first-order chi connectivity index (χ1) is 6.22. The van der Waals surface area contributed by atoms with E-state index in [1.54, 1.807) is 0 Å². The van der Waals surface area contributed by atoms with Gasteiger partial charge in [-0.05, 0) is 0 Å². The number of rotatable bonds is 3. The summed E-state index contributed by atoms with van der Waals surface area (Å²) in [7, 11) is -4.37. The fourth-order valence-corrected chi connectivity index (χ4v) is 1.05. The van der Waals surface area contributed by atoms with Crippen LogP contribution in [0.5, 0.6) is 0 Å². The topological polar surface area (TPSA) is 133 Å². The predicted octanol–water partition coefficient (Wildman–Crippen LogP) is -1.78. The molecule has 0 aliphatic heterocycles. The van der Waals surface area contributed by atoms with E-state index < -0.39 is 33.9 Å². The Bertz CT molecular complexity index is 321. The minimum atomic E-state index is -4.37. The third kappa shape index (κ3) is 6.34. The van der Waals surface area contributed by atoms with Gasteiger partial charge in [-0.15, -0.1) is 0 Å². The van der Waals surface area contributed by atoms with Gasteiger partial charge in [-0.1, -0.05) is 0 Å². The van der Waals surface area contributed by atoms with Crippen molar-refractivity contribution >= 4 is 22.1 Å². The number of carbonyl (C=O) groups excluding carboxylic acids is 2. The van der Waals surface area contributed by atoms with Crippen molar-refractivity contribution in [2.45, 2.75) is 13.0 Å². The molecular weight excluding hydrogens is 218 g/mol. The molecule has 14 heavy (non-hydrogen) atoms. The summed E-state index contributed by atoms with van der Waals surface area (Å²) in [4.78, 5) is 28.5. The zero-order chi connectivity index (χ0) is 11.4. The minimum Gasteiger partial charge on any atom is -0.317 e. The standard InChI is InChI=1S/C5H9NO7S/c1-3(7)12-13-5(8)4(6)2-14(9,10)11/h4H,2,6H2,1H3,(H,9,10,11). The molecule has 0 fully saturated rings. The smallest absolute Gasteiger partial charge is 0.317 e. The third-order valence-corrected chi connectivity index (χ3v) is 1.71. The molecule has 0 saturated carbocycles. The van der Waals surface area contributed by atoms with Crippen LogP contribution in [0.15, 0.2) is 0 Å². The molecule has 1 atom stereocenters. The number of carbonyl (C=O) groups is 2. The minimum absolute atomic E-state index is 0.891. The molecule has 0 radical (unpaired) electrons. The second-order valence-corrected chi connectivity index (χ2v) is 3.83. The first-order valence-corrected chi connectivity index (χ1v) is 4.93. The van der Waals surface area contributed by atoms with Crippen molar-refractivity contribution in [3.05, 3.63) is 0 Å². The lowest BCUT2D eigenvalue weighted by Crippen LogP contribution is -2.38. The van der Waals surface area contributed by atoms with Crippen LogP contribution < -0.4 is 5.73 Å². The molecule has 82 valence electrons. The molecule has 0 aromatic heterocycles. The highest BCUT2D eigenvalue weighted by Crippen LogP contribution is 1.92. The molecule has 9 heteroatoms. The van der Waals surface area contributed by atoms with Crippen molar-refractivity contribution in [2.24, 2.45) is 5.73 Å². The van der Waals surface area contributed by atoms with Crippen molar-refractivity contribution in [3.8, 4) is 0 Å². The molecule has 0 aliphatic carbocycles. The molecule has 0 aromatic rings. The number of nitrogens with two attached hydrogens (primary N) is 1. The Morgan fingerprint density at radius 3 is 2.29 bits per heavy atom. The summed E-state index contributed by atoms with van der Waals surface area (Å²) in [5, 5.41) is 0. The Kier molecular flexibility index (Phi) is 4.47. The fraction of sp³-hybridized carbons (Fsp3) is 0.600. The van der Waals surface area contributed by atoms with Gasteiger partial charge in [0.05, 0.1) is 0 Å². The summed E-state index contributed by atoms with van der Waals surface area (Å²) in [6, 6.07) is -1.61. The van der Waals surface area contributed by atoms with Gasteiger partial charge in [0.15, 0.2) is 0 Å². The highest BCUT2D eigenvalue weighted by atomic mass is 32.2. The fourth-order valence-electron chi connectivity index (χ4n) is 0.456. The van der Waals surface area contributed by atoms with Gasteiger partial charge in [0.1, 0.15) is 11.8 Å². The highest BCUT2D eigenvalue weighted by Gasteiger charge is 2.23. The Hall–Kier alpha value is -1.19. The van der Waals surface area contributed by atoms with Crippen LogP contribution in [0.4, 0.5) is 0 Å². The molecule has 0 bridgehead atoms. The Labute approximate surface area is 79.6 Å². The Morgan fingerprint density at radius 2 is 1.93 bits per heavy atom. The van der Waals surface area contributed by atoms with Crippen LogP contribution in [0.2, 0.25) is 0 Å². The quantitative estimate of drug-likeness (QED) is 0.328. The van der Waals surface area contributed by atoms with E-state index in [0.717, 1.165) is 6.92 Å². The molecule has 0 heterocycles. The van der Waals surface area contributed by atoms with Gasteiger partial charge >= 0.3 is 11.9 Å². The molecule has 0 spiro atoms. The Balaban J connectivity index is 4.07. The van der Waals surface area contributed by atoms with Crippen molar-refractivity contribution in [1.29, 1.82) is 0 Å². The summed E-state index contributed by atoms with van der Waals surface area (Å²) in [6.45, 7) is 0.974. The maximum absolute atomic E-state index is 10.7. The molecule has 0 rings (SSSR count). The zero-order valence-electron chi connectivity index (χ0n) is 7.17. The predicted molar refractivity (Wildman–Crippen MR) is 42.2 cm³/mol. The third-order valence-electron chi connectivity index (χ3n) is 0.934. The second-order valence-electron chi connectivity index (χ2n) is 2.33. The van der Waals surface area contributed by atoms with E-state index in [0.29, 0.717) is 0 Å². The van der Waals surface area contributed by atoms with Crippen LogP contribution in [0.3, 0.4) is 0 Å². The highest BCUT2D eigenvalue weighted by molar-refractivity contribution is 7.85. The zero-order valence-corrected chi connectivity index (χ0v) is 7.98. The van der Waals surface area contributed by atoms with Crippen molar-refractivity contribution in [3.63, 3.8) is 0 Å². The molecule has 0 amide bonds. The van der Waals surface area contributed by atoms with Gasteiger partial charge < -0.3 is 5.73 Å². The molecule has 1 unspecified atom stereocenters. The second kappa shape index (κ2) is 4.88. The van der Waals surface area contributed by atoms with Gasteiger partial charge in [-0.25, -0.2) is 19.4 Å². The van der Waals surface area contributed by atoms with Crippen molar-refractivity contribution in [2.75, 3.05) is 5.75 Å². The average molecular weight is 227 g/mol. The molecule has 0 aromatic carbocycles. The molecule has 0 aliphatic rings. The van der Waals surface area contributed by atoms with Crippen LogP contribution >= 0.6 is 0 Å². The monoisotopic (exact) mass is 227 g/mol. The normalized spacial score (nSPS) is 13.1. The maximum atomic E-state index is 10.7. The summed E-state index contributed by atoms with van der Waals surface area (Å²) >= 11 is 0.